The lowest BCUT2D eigenvalue weighted by atomic mass is 10.1. The van der Waals surface area contributed by atoms with E-state index in [1.165, 1.54) is 0 Å². The number of aromatic nitrogens is 1. The van der Waals surface area contributed by atoms with E-state index in [-0.39, 0.29) is 12.2 Å². The Morgan fingerprint density at radius 2 is 1.87 bits per heavy atom. The first-order valence-corrected chi connectivity index (χ1v) is 9.90. The van der Waals surface area contributed by atoms with E-state index in [0.29, 0.717) is 36.6 Å². The Hall–Kier alpha value is -3.60. The van der Waals surface area contributed by atoms with Crippen LogP contribution in [0, 0.1) is 6.92 Å². The van der Waals surface area contributed by atoms with E-state index in [0.717, 1.165) is 11.1 Å². The van der Waals surface area contributed by atoms with E-state index in [2.05, 4.69) is 0 Å². The molecule has 0 atom stereocenters. The molecular formula is C25H25NO4. The molecule has 0 aliphatic rings. The third-order valence-corrected chi connectivity index (χ3v) is 4.65. The highest BCUT2D eigenvalue weighted by molar-refractivity contribution is 6.08. The van der Waals surface area contributed by atoms with Crippen LogP contribution < -0.4 is 4.74 Å². The molecule has 0 unspecified atom stereocenters. The van der Waals surface area contributed by atoms with Crippen molar-refractivity contribution < 1.29 is 19.4 Å². The Morgan fingerprint density at radius 1 is 1.07 bits per heavy atom. The number of benzene rings is 2. The molecule has 0 fully saturated rings. The summed E-state index contributed by atoms with van der Waals surface area (Å²) in [5, 5.41) is 8.67. The smallest absolute Gasteiger partial charge is 0.303 e. The van der Waals surface area contributed by atoms with Crippen molar-refractivity contribution in [3.8, 4) is 5.75 Å². The third-order valence-electron chi connectivity index (χ3n) is 4.65. The van der Waals surface area contributed by atoms with Crippen LogP contribution >= 0.6 is 0 Å². The quantitative estimate of drug-likeness (QED) is 0.383. The van der Waals surface area contributed by atoms with Crippen molar-refractivity contribution >= 4 is 17.8 Å². The van der Waals surface area contributed by atoms with Crippen LogP contribution in [0.2, 0.25) is 0 Å². The highest BCUT2D eigenvalue weighted by Crippen LogP contribution is 2.16. The van der Waals surface area contributed by atoms with Gasteiger partial charge < -0.3 is 14.4 Å². The van der Waals surface area contributed by atoms with Crippen molar-refractivity contribution in [2.45, 2.75) is 26.3 Å². The number of rotatable bonds is 10. The van der Waals surface area contributed by atoms with Crippen LogP contribution in [0.15, 0.2) is 72.9 Å². The molecule has 0 aliphatic carbocycles. The average molecular weight is 403 g/mol. The molecule has 2 aromatic carbocycles. The zero-order valence-corrected chi connectivity index (χ0v) is 17.0. The summed E-state index contributed by atoms with van der Waals surface area (Å²) in [7, 11) is 0. The topological polar surface area (TPSA) is 68.5 Å². The van der Waals surface area contributed by atoms with Gasteiger partial charge >= 0.3 is 5.97 Å². The number of carboxylic acids is 1. The molecule has 0 radical (unpaired) electrons. The van der Waals surface area contributed by atoms with Gasteiger partial charge in [0.15, 0.2) is 0 Å². The number of hydrogen-bond donors (Lipinski definition) is 1. The van der Waals surface area contributed by atoms with Gasteiger partial charge in [0.05, 0.1) is 12.3 Å². The van der Waals surface area contributed by atoms with Crippen molar-refractivity contribution in [2.24, 2.45) is 0 Å². The standard InChI is InChI=1S/C25H25NO4/c1-19-11-13-21(14-12-19)25(29)23-9-4-16-26(23)15-3-7-20-6-2-8-22(18-20)30-17-5-10-24(27)28/h2-4,6-9,11-14,16,18H,5,10,15,17H2,1H3,(H,27,28). The lowest BCUT2D eigenvalue weighted by Crippen LogP contribution is -2.09. The highest BCUT2D eigenvalue weighted by atomic mass is 16.5. The van der Waals surface area contributed by atoms with E-state index in [9.17, 15) is 9.59 Å². The molecule has 0 aliphatic heterocycles. The van der Waals surface area contributed by atoms with Gasteiger partial charge in [-0.05, 0) is 43.2 Å². The number of aliphatic carboxylic acids is 1. The molecule has 0 amide bonds. The molecular weight excluding hydrogens is 378 g/mol. The van der Waals surface area contributed by atoms with Crippen molar-refractivity contribution in [1.29, 1.82) is 0 Å². The van der Waals surface area contributed by atoms with Gasteiger partial charge in [-0.15, -0.1) is 0 Å². The van der Waals surface area contributed by atoms with E-state index >= 15 is 0 Å². The van der Waals surface area contributed by atoms with Crippen molar-refractivity contribution in [1.82, 2.24) is 4.57 Å². The number of ketones is 1. The summed E-state index contributed by atoms with van der Waals surface area (Å²) in [6, 6.07) is 18.9. The molecule has 1 N–H and O–H groups in total. The largest absolute Gasteiger partial charge is 0.494 e. The molecule has 0 spiro atoms. The summed E-state index contributed by atoms with van der Waals surface area (Å²) in [6.07, 6.45) is 6.44. The van der Waals surface area contributed by atoms with Gasteiger partial charge in [0.1, 0.15) is 5.75 Å². The van der Waals surface area contributed by atoms with Gasteiger partial charge in [0.25, 0.3) is 0 Å². The fraction of sp³-hybridized carbons (Fsp3) is 0.200. The molecule has 1 heterocycles. The minimum Gasteiger partial charge on any atom is -0.494 e. The molecule has 154 valence electrons. The molecule has 30 heavy (non-hydrogen) atoms. The maximum absolute atomic E-state index is 12.8. The van der Waals surface area contributed by atoms with Crippen LogP contribution in [0.25, 0.3) is 6.08 Å². The number of ether oxygens (including phenoxy) is 1. The van der Waals surface area contributed by atoms with Gasteiger partial charge in [0.2, 0.25) is 5.78 Å². The number of nitrogens with zero attached hydrogens (tertiary/aromatic N) is 1. The fourth-order valence-corrected chi connectivity index (χ4v) is 3.06. The van der Waals surface area contributed by atoms with E-state index in [1.807, 2.05) is 90.5 Å². The number of carbonyl (C=O) groups excluding carboxylic acids is 1. The fourth-order valence-electron chi connectivity index (χ4n) is 3.06. The monoisotopic (exact) mass is 403 g/mol. The number of aryl methyl sites for hydroxylation is 1. The first-order chi connectivity index (χ1) is 14.5. The molecule has 5 nitrogen and oxygen atoms in total. The molecule has 0 bridgehead atoms. The van der Waals surface area contributed by atoms with E-state index < -0.39 is 5.97 Å². The minimum absolute atomic E-state index is 0.00478. The van der Waals surface area contributed by atoms with Crippen LogP contribution in [-0.4, -0.2) is 28.0 Å². The maximum Gasteiger partial charge on any atom is 0.303 e. The van der Waals surface area contributed by atoms with Crippen LogP contribution in [0.1, 0.15) is 40.0 Å². The lowest BCUT2D eigenvalue weighted by Gasteiger charge is -2.07. The summed E-state index contributed by atoms with van der Waals surface area (Å²) in [6.45, 7) is 2.94. The lowest BCUT2D eigenvalue weighted by molar-refractivity contribution is -0.137. The average Bonchev–Trinajstić information content (AvgIpc) is 3.20. The number of carboxylic acid groups (broad SMARTS) is 1. The Balaban J connectivity index is 1.60. The first-order valence-electron chi connectivity index (χ1n) is 9.90. The number of hydrogen-bond acceptors (Lipinski definition) is 3. The van der Waals surface area contributed by atoms with Gasteiger partial charge in [-0.2, -0.15) is 0 Å². The zero-order valence-electron chi connectivity index (χ0n) is 17.0. The summed E-state index contributed by atoms with van der Waals surface area (Å²) >= 11 is 0. The molecule has 0 saturated carbocycles. The highest BCUT2D eigenvalue weighted by Gasteiger charge is 2.12. The Bertz CT molecular complexity index is 1030. The molecule has 5 heteroatoms. The van der Waals surface area contributed by atoms with Crippen molar-refractivity contribution in [3.05, 3.63) is 95.3 Å². The predicted octanol–water partition coefficient (Wildman–Crippen LogP) is 4.98. The first kappa shape index (κ1) is 21.1. The Labute approximate surface area is 176 Å². The van der Waals surface area contributed by atoms with E-state index in [4.69, 9.17) is 9.84 Å². The van der Waals surface area contributed by atoms with Crippen LogP contribution in [0.4, 0.5) is 0 Å². The second kappa shape index (κ2) is 10.3. The Morgan fingerprint density at radius 3 is 2.63 bits per heavy atom. The normalized spacial score (nSPS) is 11.0. The van der Waals surface area contributed by atoms with Gasteiger partial charge in [-0.25, -0.2) is 0 Å². The van der Waals surface area contributed by atoms with Gasteiger partial charge in [-0.1, -0.05) is 54.1 Å². The molecule has 1 aromatic heterocycles. The summed E-state index contributed by atoms with van der Waals surface area (Å²) in [5.41, 5.74) is 3.43. The number of carbonyl (C=O) groups is 2. The third kappa shape index (κ3) is 5.95. The van der Waals surface area contributed by atoms with Crippen LogP contribution in [-0.2, 0) is 11.3 Å². The molecule has 3 rings (SSSR count). The maximum atomic E-state index is 12.8. The second-order valence-corrected chi connectivity index (χ2v) is 7.06. The van der Waals surface area contributed by atoms with E-state index in [1.54, 1.807) is 0 Å². The minimum atomic E-state index is -0.819. The van der Waals surface area contributed by atoms with Crippen LogP contribution in [0.5, 0.6) is 5.75 Å². The number of allylic oxidation sites excluding steroid dienone is 1. The summed E-state index contributed by atoms with van der Waals surface area (Å²) < 4.78 is 7.53. The summed E-state index contributed by atoms with van der Waals surface area (Å²) in [4.78, 5) is 23.3. The predicted molar refractivity (Wildman–Crippen MR) is 117 cm³/mol. The molecule has 0 saturated heterocycles. The molecule has 3 aromatic rings. The summed E-state index contributed by atoms with van der Waals surface area (Å²) in [5.74, 6) is -0.107. The van der Waals surface area contributed by atoms with Gasteiger partial charge in [0, 0.05) is 24.7 Å². The van der Waals surface area contributed by atoms with Crippen molar-refractivity contribution in [2.75, 3.05) is 6.61 Å². The zero-order chi connectivity index (χ0) is 21.3. The van der Waals surface area contributed by atoms with Crippen molar-refractivity contribution in [3.63, 3.8) is 0 Å². The Kier molecular flexibility index (Phi) is 7.22. The second-order valence-electron chi connectivity index (χ2n) is 7.06. The SMILES string of the molecule is Cc1ccc(C(=O)c2cccn2CC=Cc2cccc(OCCCC(=O)O)c2)cc1. The van der Waals surface area contributed by atoms with Crippen LogP contribution in [0.3, 0.4) is 0 Å². The van der Waals surface area contributed by atoms with Gasteiger partial charge in [-0.3, -0.25) is 9.59 Å².